The van der Waals surface area contributed by atoms with Gasteiger partial charge < -0.3 is 4.74 Å². The van der Waals surface area contributed by atoms with Gasteiger partial charge in [-0.1, -0.05) is 30.3 Å². The highest BCUT2D eigenvalue weighted by Gasteiger charge is 2.40. The van der Waals surface area contributed by atoms with Gasteiger partial charge in [-0.3, -0.25) is 9.88 Å². The number of rotatable bonds is 7. The van der Waals surface area contributed by atoms with E-state index in [-0.39, 0.29) is 6.04 Å². The number of nitrogens with one attached hydrogen (secondary N) is 1. The van der Waals surface area contributed by atoms with Crippen LogP contribution in [-0.2, 0) is 16.4 Å². The average molecular weight is 527 g/mol. The Balaban J connectivity index is 1.16. The number of fused-ring (bicyclic) bond motifs is 4. The Hall–Kier alpha value is -3.51. The normalized spacial score (nSPS) is 21.5. The molecule has 1 aliphatic heterocycles. The molecule has 2 bridgehead atoms. The van der Waals surface area contributed by atoms with Crippen LogP contribution in [0.25, 0.3) is 21.7 Å². The molecule has 1 N–H and O–H groups in total. The molecule has 0 radical (unpaired) electrons. The van der Waals surface area contributed by atoms with Gasteiger partial charge in [0.25, 0.3) is 0 Å². The summed E-state index contributed by atoms with van der Waals surface area (Å²) >= 11 is 0. The van der Waals surface area contributed by atoms with Gasteiger partial charge >= 0.3 is 0 Å². The third-order valence-electron chi connectivity index (χ3n) is 8.10. The smallest absolute Gasteiger partial charge is 0.240 e. The second-order valence-electron chi connectivity index (χ2n) is 10.4. The van der Waals surface area contributed by atoms with Crippen LogP contribution in [0.15, 0.2) is 71.8 Å². The molecular formula is C30H30N4O3S. The number of likely N-dealkylation sites (tertiary alicyclic amines) is 1. The van der Waals surface area contributed by atoms with Crippen molar-refractivity contribution in [1.29, 1.82) is 5.26 Å². The van der Waals surface area contributed by atoms with Crippen molar-refractivity contribution < 1.29 is 13.2 Å². The largest absolute Gasteiger partial charge is 0.497 e. The molecule has 1 aromatic heterocycles. The Bertz CT molecular complexity index is 1660. The van der Waals surface area contributed by atoms with Crippen molar-refractivity contribution in [3.63, 3.8) is 0 Å². The van der Waals surface area contributed by atoms with Crippen LogP contribution in [0, 0.1) is 17.2 Å². The summed E-state index contributed by atoms with van der Waals surface area (Å²) < 4.78 is 34.9. The maximum atomic E-state index is 13.2. The zero-order valence-corrected chi connectivity index (χ0v) is 22.1. The zero-order valence-electron chi connectivity index (χ0n) is 21.3. The number of hydrogen-bond donors (Lipinski definition) is 1. The number of benzene rings is 3. The van der Waals surface area contributed by atoms with Crippen molar-refractivity contribution in [3.05, 3.63) is 78.0 Å². The molecule has 7 nitrogen and oxygen atoms in total. The lowest BCUT2D eigenvalue weighted by atomic mass is 9.87. The van der Waals surface area contributed by atoms with E-state index in [2.05, 4.69) is 20.7 Å². The van der Waals surface area contributed by atoms with Crippen LogP contribution >= 0.6 is 0 Å². The van der Waals surface area contributed by atoms with Gasteiger partial charge in [0.1, 0.15) is 11.8 Å². The van der Waals surface area contributed by atoms with Gasteiger partial charge in [0.15, 0.2) is 0 Å². The molecule has 38 heavy (non-hydrogen) atoms. The van der Waals surface area contributed by atoms with Crippen molar-refractivity contribution in [1.82, 2.24) is 14.6 Å². The minimum absolute atomic E-state index is 0.0825. The van der Waals surface area contributed by atoms with Gasteiger partial charge in [0, 0.05) is 36.8 Å². The van der Waals surface area contributed by atoms with Gasteiger partial charge in [0.2, 0.25) is 10.0 Å². The molecule has 4 aromatic rings. The Labute approximate surface area is 223 Å². The predicted molar refractivity (Wildman–Crippen MR) is 147 cm³/mol. The number of aromatic nitrogens is 1. The fraction of sp³-hybridized carbons (Fsp3) is 0.333. The third kappa shape index (κ3) is 4.73. The van der Waals surface area contributed by atoms with E-state index >= 15 is 0 Å². The Kier molecular flexibility index (Phi) is 6.52. The average Bonchev–Trinajstić information content (AvgIpc) is 3.23. The molecule has 2 heterocycles. The van der Waals surface area contributed by atoms with Crippen LogP contribution in [0.4, 0.5) is 0 Å². The van der Waals surface area contributed by atoms with Crippen LogP contribution in [0.3, 0.4) is 0 Å². The molecule has 1 saturated heterocycles. The molecule has 3 unspecified atom stereocenters. The number of nitrogens with zero attached hydrogens (tertiary/aromatic N) is 3. The Morgan fingerprint density at radius 3 is 2.74 bits per heavy atom. The monoisotopic (exact) mass is 526 g/mol. The summed E-state index contributed by atoms with van der Waals surface area (Å²) in [7, 11) is -1.97. The molecule has 0 spiro atoms. The fourth-order valence-electron chi connectivity index (χ4n) is 6.30. The molecule has 194 valence electrons. The van der Waals surface area contributed by atoms with Gasteiger partial charge in [-0.25, -0.2) is 13.1 Å². The van der Waals surface area contributed by atoms with E-state index in [0.29, 0.717) is 22.4 Å². The number of methoxy groups -OCH3 is 1. The SMILES string of the molecule is COc1ccc2ncc(C#N)c(CCN3CC4CC(NS(=O)(=O)c5ccc6ccccc6c5)CC3C4)c2c1. The van der Waals surface area contributed by atoms with Crippen LogP contribution in [-0.4, -0.2) is 50.6 Å². The molecule has 0 amide bonds. The first-order valence-electron chi connectivity index (χ1n) is 13.0. The lowest BCUT2D eigenvalue weighted by molar-refractivity contribution is 0.236. The summed E-state index contributed by atoms with van der Waals surface area (Å²) in [6, 6.07) is 21.4. The minimum Gasteiger partial charge on any atom is -0.497 e. The molecule has 3 aromatic carbocycles. The van der Waals surface area contributed by atoms with E-state index < -0.39 is 10.0 Å². The van der Waals surface area contributed by atoms with Gasteiger partial charge in [-0.15, -0.1) is 0 Å². The first-order valence-corrected chi connectivity index (χ1v) is 14.5. The number of ether oxygens (including phenoxy) is 1. The van der Waals surface area contributed by atoms with Crippen LogP contribution in [0.1, 0.15) is 30.4 Å². The van der Waals surface area contributed by atoms with Crippen molar-refractivity contribution >= 4 is 31.7 Å². The standard InChI is InChI=1S/C30H30N4O3S/c1-37-26-7-9-30-29(16-26)28(23(17-31)18-32-30)10-11-34-19-20-12-24(15-25(34)13-20)33-38(35,36)27-8-6-21-4-2-3-5-22(21)14-27/h2-9,14,16,18,20,24-25,33H,10-13,15,19H2,1H3. The summed E-state index contributed by atoms with van der Waals surface area (Å²) in [6.45, 7) is 1.77. The van der Waals surface area contributed by atoms with E-state index in [1.165, 1.54) is 0 Å². The van der Waals surface area contributed by atoms with E-state index in [4.69, 9.17) is 4.74 Å². The second kappa shape index (κ2) is 9.99. The Morgan fingerprint density at radius 1 is 1.08 bits per heavy atom. The van der Waals surface area contributed by atoms with E-state index in [1.54, 1.807) is 25.4 Å². The highest BCUT2D eigenvalue weighted by molar-refractivity contribution is 7.89. The minimum atomic E-state index is -3.61. The number of sulfonamides is 1. The number of hydrogen-bond acceptors (Lipinski definition) is 6. The first-order chi connectivity index (χ1) is 18.4. The summed E-state index contributed by atoms with van der Waals surface area (Å²) in [5.74, 6) is 1.21. The molecule has 6 rings (SSSR count). The van der Waals surface area contributed by atoms with Gasteiger partial charge in [-0.05, 0) is 78.3 Å². The van der Waals surface area contributed by atoms with Crippen LogP contribution in [0.2, 0.25) is 0 Å². The molecule has 2 fully saturated rings. The zero-order chi connectivity index (χ0) is 26.3. The second-order valence-corrected chi connectivity index (χ2v) is 12.2. The first kappa shape index (κ1) is 24.8. The summed E-state index contributed by atoms with van der Waals surface area (Å²) in [5.41, 5.74) is 2.43. The van der Waals surface area contributed by atoms with Crippen molar-refractivity contribution in [3.8, 4) is 11.8 Å². The Morgan fingerprint density at radius 2 is 1.92 bits per heavy atom. The fourth-order valence-corrected chi connectivity index (χ4v) is 7.60. The summed E-state index contributed by atoms with van der Waals surface area (Å²) in [5, 5.41) is 12.6. The van der Waals surface area contributed by atoms with E-state index in [9.17, 15) is 13.7 Å². The van der Waals surface area contributed by atoms with Gasteiger partial charge in [-0.2, -0.15) is 5.26 Å². The molecule has 1 saturated carbocycles. The van der Waals surface area contributed by atoms with Gasteiger partial charge in [0.05, 0.1) is 23.1 Å². The summed E-state index contributed by atoms with van der Waals surface area (Å²) in [4.78, 5) is 7.24. The predicted octanol–water partition coefficient (Wildman–Crippen LogP) is 4.64. The molecule has 2 aliphatic rings. The highest BCUT2D eigenvalue weighted by Crippen LogP contribution is 2.37. The molecule has 1 aliphatic carbocycles. The maximum absolute atomic E-state index is 13.2. The van der Waals surface area contributed by atoms with Crippen molar-refractivity contribution in [2.24, 2.45) is 5.92 Å². The van der Waals surface area contributed by atoms with Crippen molar-refractivity contribution in [2.75, 3.05) is 20.2 Å². The summed E-state index contributed by atoms with van der Waals surface area (Å²) in [6.07, 6.45) is 5.11. The van der Waals surface area contributed by atoms with Crippen molar-refractivity contribution in [2.45, 2.75) is 42.7 Å². The number of nitriles is 1. The molecule has 3 atom stereocenters. The van der Waals surface area contributed by atoms with Crippen LogP contribution < -0.4 is 9.46 Å². The lowest BCUT2D eigenvalue weighted by Gasteiger charge is -2.30. The number of pyridine rings is 1. The van der Waals surface area contributed by atoms with Crippen LogP contribution in [0.5, 0.6) is 5.75 Å². The molecule has 8 heteroatoms. The topological polar surface area (TPSA) is 95.3 Å². The van der Waals surface area contributed by atoms with E-state index in [1.807, 2.05) is 48.5 Å². The van der Waals surface area contributed by atoms with E-state index in [0.717, 1.165) is 71.8 Å². The highest BCUT2D eigenvalue weighted by atomic mass is 32.2. The lowest BCUT2D eigenvalue weighted by Crippen LogP contribution is -2.42. The third-order valence-corrected chi connectivity index (χ3v) is 9.62. The maximum Gasteiger partial charge on any atom is 0.240 e. The molecular weight excluding hydrogens is 496 g/mol. The quantitative estimate of drug-likeness (QED) is 0.377.